The predicted molar refractivity (Wildman–Crippen MR) is 89.1 cm³/mol. The number of carbonyl (C=O) groups is 2. The first-order valence-electron chi connectivity index (χ1n) is 7.69. The van der Waals surface area contributed by atoms with E-state index in [1.165, 1.54) is 0 Å². The van der Waals surface area contributed by atoms with Crippen molar-refractivity contribution in [1.29, 1.82) is 0 Å². The maximum absolute atomic E-state index is 12.1. The Morgan fingerprint density at radius 1 is 1.13 bits per heavy atom. The standard InChI is InChI=1S/C18H21N3O2/c1-3-13(2)21-17(22)15-8-6-7-14(11-15)12-20-18(23)16-9-4-5-10-19-16/h4-11,13H,3,12H2,1-2H3,(H,20,23)(H,21,22). The maximum Gasteiger partial charge on any atom is 0.270 e. The fourth-order valence-corrected chi connectivity index (χ4v) is 2.00. The van der Waals surface area contributed by atoms with E-state index >= 15 is 0 Å². The van der Waals surface area contributed by atoms with Gasteiger partial charge < -0.3 is 10.6 Å². The van der Waals surface area contributed by atoms with Gasteiger partial charge in [0.05, 0.1) is 0 Å². The highest BCUT2D eigenvalue weighted by Crippen LogP contribution is 2.06. The summed E-state index contributed by atoms with van der Waals surface area (Å²) < 4.78 is 0. The van der Waals surface area contributed by atoms with E-state index in [4.69, 9.17) is 0 Å². The van der Waals surface area contributed by atoms with Crippen molar-refractivity contribution in [2.24, 2.45) is 0 Å². The van der Waals surface area contributed by atoms with Crippen LogP contribution in [0.2, 0.25) is 0 Å². The predicted octanol–water partition coefficient (Wildman–Crippen LogP) is 2.54. The molecule has 5 heteroatoms. The van der Waals surface area contributed by atoms with Gasteiger partial charge in [0, 0.05) is 24.3 Å². The zero-order valence-corrected chi connectivity index (χ0v) is 13.4. The Balaban J connectivity index is 1.97. The molecule has 0 spiro atoms. The Hall–Kier alpha value is -2.69. The first-order chi connectivity index (χ1) is 11.1. The summed E-state index contributed by atoms with van der Waals surface area (Å²) in [6, 6.07) is 12.6. The summed E-state index contributed by atoms with van der Waals surface area (Å²) in [6.45, 7) is 4.34. The van der Waals surface area contributed by atoms with Crippen molar-refractivity contribution in [3.63, 3.8) is 0 Å². The van der Waals surface area contributed by atoms with Crippen molar-refractivity contribution in [3.05, 3.63) is 65.5 Å². The molecule has 0 bridgehead atoms. The number of aromatic nitrogens is 1. The van der Waals surface area contributed by atoms with Crippen LogP contribution < -0.4 is 10.6 Å². The summed E-state index contributed by atoms with van der Waals surface area (Å²) in [5.41, 5.74) is 1.83. The van der Waals surface area contributed by atoms with E-state index in [-0.39, 0.29) is 17.9 Å². The number of benzene rings is 1. The molecule has 23 heavy (non-hydrogen) atoms. The largest absolute Gasteiger partial charge is 0.350 e. The van der Waals surface area contributed by atoms with Crippen LogP contribution in [0.4, 0.5) is 0 Å². The molecule has 1 heterocycles. The first kappa shape index (κ1) is 16.7. The van der Waals surface area contributed by atoms with E-state index in [0.717, 1.165) is 12.0 Å². The van der Waals surface area contributed by atoms with E-state index in [0.29, 0.717) is 17.8 Å². The average Bonchev–Trinajstić information content (AvgIpc) is 2.60. The third kappa shape index (κ3) is 4.92. The van der Waals surface area contributed by atoms with Crippen molar-refractivity contribution in [2.75, 3.05) is 0 Å². The molecule has 120 valence electrons. The molecule has 1 unspecified atom stereocenters. The molecular weight excluding hydrogens is 290 g/mol. The Morgan fingerprint density at radius 3 is 2.65 bits per heavy atom. The topological polar surface area (TPSA) is 71.1 Å². The van der Waals surface area contributed by atoms with Gasteiger partial charge in [-0.25, -0.2) is 0 Å². The Labute approximate surface area is 136 Å². The summed E-state index contributed by atoms with van der Waals surface area (Å²) in [4.78, 5) is 28.1. The number of hydrogen-bond acceptors (Lipinski definition) is 3. The lowest BCUT2D eigenvalue weighted by Gasteiger charge is -2.12. The van der Waals surface area contributed by atoms with Crippen molar-refractivity contribution in [2.45, 2.75) is 32.9 Å². The monoisotopic (exact) mass is 311 g/mol. The van der Waals surface area contributed by atoms with Gasteiger partial charge in [-0.1, -0.05) is 25.1 Å². The summed E-state index contributed by atoms with van der Waals surface area (Å²) in [6.07, 6.45) is 2.46. The Morgan fingerprint density at radius 2 is 1.96 bits per heavy atom. The zero-order valence-electron chi connectivity index (χ0n) is 13.4. The molecule has 1 atom stereocenters. The molecule has 0 aliphatic rings. The molecule has 0 aliphatic heterocycles. The smallest absolute Gasteiger partial charge is 0.270 e. The number of rotatable bonds is 6. The molecule has 1 aromatic heterocycles. The van der Waals surface area contributed by atoms with Gasteiger partial charge in [0.1, 0.15) is 5.69 Å². The molecule has 0 aliphatic carbocycles. The highest BCUT2D eigenvalue weighted by Gasteiger charge is 2.10. The van der Waals surface area contributed by atoms with Crippen LogP contribution in [0.25, 0.3) is 0 Å². The lowest BCUT2D eigenvalue weighted by molar-refractivity contribution is 0.0935. The van der Waals surface area contributed by atoms with Gasteiger partial charge in [0.2, 0.25) is 0 Å². The van der Waals surface area contributed by atoms with Crippen molar-refractivity contribution >= 4 is 11.8 Å². The van der Waals surface area contributed by atoms with E-state index < -0.39 is 0 Å². The summed E-state index contributed by atoms with van der Waals surface area (Å²) in [5, 5.41) is 5.73. The highest BCUT2D eigenvalue weighted by atomic mass is 16.2. The van der Waals surface area contributed by atoms with Crippen LogP contribution in [0.3, 0.4) is 0 Å². The SMILES string of the molecule is CCC(C)NC(=O)c1cccc(CNC(=O)c2ccccn2)c1. The number of hydrogen-bond donors (Lipinski definition) is 2. The van der Waals surface area contributed by atoms with E-state index in [9.17, 15) is 9.59 Å². The quantitative estimate of drug-likeness (QED) is 0.861. The van der Waals surface area contributed by atoms with Crippen LogP contribution in [0.5, 0.6) is 0 Å². The van der Waals surface area contributed by atoms with Crippen LogP contribution in [-0.4, -0.2) is 22.8 Å². The van der Waals surface area contributed by atoms with E-state index in [2.05, 4.69) is 15.6 Å². The van der Waals surface area contributed by atoms with Gasteiger partial charge in [-0.3, -0.25) is 14.6 Å². The van der Waals surface area contributed by atoms with Crippen molar-refractivity contribution < 1.29 is 9.59 Å². The molecule has 0 radical (unpaired) electrons. The second kappa shape index (κ2) is 8.08. The number of carbonyl (C=O) groups excluding carboxylic acids is 2. The van der Waals surface area contributed by atoms with Gasteiger partial charge in [-0.15, -0.1) is 0 Å². The lowest BCUT2D eigenvalue weighted by atomic mass is 10.1. The minimum atomic E-state index is -0.236. The molecule has 2 N–H and O–H groups in total. The summed E-state index contributed by atoms with van der Waals surface area (Å²) >= 11 is 0. The van der Waals surface area contributed by atoms with Crippen LogP contribution in [-0.2, 0) is 6.54 Å². The average molecular weight is 311 g/mol. The van der Waals surface area contributed by atoms with Crippen LogP contribution >= 0.6 is 0 Å². The molecular formula is C18H21N3O2. The summed E-state index contributed by atoms with van der Waals surface area (Å²) in [5.74, 6) is -0.336. The molecule has 0 fully saturated rings. The molecule has 0 saturated heterocycles. The number of nitrogens with one attached hydrogen (secondary N) is 2. The second-order valence-electron chi connectivity index (χ2n) is 5.38. The molecule has 1 aromatic carbocycles. The number of pyridine rings is 1. The van der Waals surface area contributed by atoms with Crippen LogP contribution in [0.15, 0.2) is 48.7 Å². The van der Waals surface area contributed by atoms with Crippen LogP contribution in [0, 0.1) is 0 Å². The number of amides is 2. The molecule has 2 rings (SSSR count). The van der Waals surface area contributed by atoms with Crippen LogP contribution in [0.1, 0.15) is 46.7 Å². The number of nitrogens with zero attached hydrogens (tertiary/aromatic N) is 1. The highest BCUT2D eigenvalue weighted by molar-refractivity contribution is 5.94. The molecule has 2 aromatic rings. The third-order valence-electron chi connectivity index (χ3n) is 3.53. The fourth-order valence-electron chi connectivity index (χ4n) is 2.00. The zero-order chi connectivity index (χ0) is 16.7. The van der Waals surface area contributed by atoms with Crippen molar-refractivity contribution in [1.82, 2.24) is 15.6 Å². The molecule has 2 amide bonds. The first-order valence-corrected chi connectivity index (χ1v) is 7.69. The Bertz CT molecular complexity index is 671. The second-order valence-corrected chi connectivity index (χ2v) is 5.38. The third-order valence-corrected chi connectivity index (χ3v) is 3.53. The molecule has 5 nitrogen and oxygen atoms in total. The molecule has 0 saturated carbocycles. The van der Waals surface area contributed by atoms with E-state index in [1.807, 2.05) is 26.0 Å². The maximum atomic E-state index is 12.1. The van der Waals surface area contributed by atoms with E-state index in [1.54, 1.807) is 36.5 Å². The van der Waals surface area contributed by atoms with Gasteiger partial charge in [0.25, 0.3) is 11.8 Å². The fraction of sp³-hybridized carbons (Fsp3) is 0.278. The van der Waals surface area contributed by atoms with Crippen molar-refractivity contribution in [3.8, 4) is 0 Å². The minimum Gasteiger partial charge on any atom is -0.350 e. The normalized spacial score (nSPS) is 11.6. The Kier molecular flexibility index (Phi) is 5.86. The summed E-state index contributed by atoms with van der Waals surface area (Å²) in [7, 11) is 0. The van der Waals surface area contributed by atoms with Gasteiger partial charge in [0.15, 0.2) is 0 Å². The lowest BCUT2D eigenvalue weighted by Crippen LogP contribution is -2.32. The minimum absolute atomic E-state index is 0.0998. The van der Waals surface area contributed by atoms with Gasteiger partial charge in [-0.05, 0) is 43.2 Å². The van der Waals surface area contributed by atoms with Gasteiger partial charge >= 0.3 is 0 Å². The van der Waals surface area contributed by atoms with Gasteiger partial charge in [-0.2, -0.15) is 0 Å².